The zero-order valence-electron chi connectivity index (χ0n) is 19.3. The number of halogens is 1. The van der Waals surface area contributed by atoms with Crippen molar-refractivity contribution in [3.05, 3.63) is 69.9 Å². The summed E-state index contributed by atoms with van der Waals surface area (Å²) < 4.78 is 18.5. The zero-order chi connectivity index (χ0) is 25.1. The lowest BCUT2D eigenvalue weighted by atomic mass is 9.90. The van der Waals surface area contributed by atoms with E-state index in [2.05, 4.69) is 27.8 Å². The van der Waals surface area contributed by atoms with E-state index in [1.54, 1.807) is 18.2 Å². The van der Waals surface area contributed by atoms with Crippen LogP contribution in [0.15, 0.2) is 52.0 Å². The molecule has 10 heteroatoms. The Balaban J connectivity index is 1.16. The van der Waals surface area contributed by atoms with Crippen molar-refractivity contribution < 1.29 is 18.6 Å². The molecule has 0 bridgehead atoms. The third-order valence-electron chi connectivity index (χ3n) is 6.20. The molecule has 0 saturated carbocycles. The average molecular weight is 523 g/mol. The van der Waals surface area contributed by atoms with E-state index in [9.17, 15) is 14.0 Å². The molecule has 1 aliphatic heterocycles. The maximum atomic E-state index is 13.1. The van der Waals surface area contributed by atoms with Crippen LogP contribution in [0.1, 0.15) is 42.4 Å². The number of benzene rings is 2. The highest BCUT2D eigenvalue weighted by Crippen LogP contribution is 2.33. The van der Waals surface area contributed by atoms with Crippen molar-refractivity contribution in [2.75, 3.05) is 11.9 Å². The predicted molar refractivity (Wildman–Crippen MR) is 141 cm³/mol. The fourth-order valence-corrected chi connectivity index (χ4v) is 5.64. The Morgan fingerprint density at radius 2 is 1.92 bits per heavy atom. The minimum Gasteiger partial charge on any atom is -0.306 e. The Labute approximate surface area is 217 Å². The summed E-state index contributed by atoms with van der Waals surface area (Å²) >= 11 is 6.55. The minimum absolute atomic E-state index is 0.171. The van der Waals surface area contributed by atoms with E-state index >= 15 is 0 Å². The van der Waals surface area contributed by atoms with E-state index in [0.29, 0.717) is 33.4 Å². The predicted octanol–water partition coefficient (Wildman–Crippen LogP) is 5.37. The molecule has 5 rings (SSSR count). The summed E-state index contributed by atoms with van der Waals surface area (Å²) in [6.45, 7) is 0.313. The molecule has 36 heavy (non-hydrogen) atoms. The number of nitrogens with zero attached hydrogens (tertiary/aromatic N) is 3. The van der Waals surface area contributed by atoms with Gasteiger partial charge in [-0.25, -0.2) is 9.02 Å². The first-order valence-electron chi connectivity index (χ1n) is 11.7. The van der Waals surface area contributed by atoms with Crippen molar-refractivity contribution in [1.82, 2.24) is 15.2 Å². The number of hydrogen-bond acceptors (Lipinski definition) is 7. The van der Waals surface area contributed by atoms with Gasteiger partial charge in [-0.1, -0.05) is 48.2 Å². The van der Waals surface area contributed by atoms with E-state index in [1.807, 2.05) is 6.07 Å². The molecule has 0 spiro atoms. The summed E-state index contributed by atoms with van der Waals surface area (Å²) in [4.78, 5) is 27.3. The molecule has 1 saturated heterocycles. The van der Waals surface area contributed by atoms with Crippen LogP contribution in [-0.2, 0) is 22.4 Å². The second-order valence-corrected chi connectivity index (χ2v) is 10.4. The first kappa shape index (κ1) is 24.3. The first-order chi connectivity index (χ1) is 17.5. The highest BCUT2D eigenvalue weighted by Gasteiger charge is 2.31. The molecular weight excluding hydrogens is 499 g/mol. The summed E-state index contributed by atoms with van der Waals surface area (Å²) in [5.74, 6) is -0.528. The second-order valence-electron chi connectivity index (χ2n) is 8.69. The van der Waals surface area contributed by atoms with Gasteiger partial charge in [0.25, 0.3) is 5.91 Å². The van der Waals surface area contributed by atoms with Crippen LogP contribution < -0.4 is 5.32 Å². The van der Waals surface area contributed by atoms with Crippen LogP contribution in [0.5, 0.6) is 0 Å². The second kappa shape index (κ2) is 10.7. The molecule has 2 aliphatic rings. The van der Waals surface area contributed by atoms with Gasteiger partial charge in [-0.15, -0.1) is 0 Å². The number of nitrogens with one attached hydrogen (secondary N) is 1. The SMILES string of the molecule is O=C(CCCN1C(=O)/C(=C/c2ccc(F)cc2)SC1=S)Nc1nonc1-c1ccc2c(c1)CCCC2. The summed E-state index contributed by atoms with van der Waals surface area (Å²) in [5, 5.41) is 10.6. The molecule has 2 amide bonds. The van der Waals surface area contributed by atoms with E-state index in [0.717, 1.165) is 18.4 Å². The number of rotatable bonds is 7. The Hall–Kier alpha value is -3.37. The normalized spacial score (nSPS) is 16.5. The maximum absolute atomic E-state index is 13.1. The number of aryl methyl sites for hydroxylation is 2. The zero-order valence-corrected chi connectivity index (χ0v) is 21.0. The van der Waals surface area contributed by atoms with E-state index in [-0.39, 0.29) is 29.9 Å². The topological polar surface area (TPSA) is 88.3 Å². The fourth-order valence-electron chi connectivity index (χ4n) is 4.34. The number of hydrogen-bond donors (Lipinski definition) is 1. The molecule has 0 unspecified atom stereocenters. The van der Waals surface area contributed by atoms with Gasteiger partial charge in [0.05, 0.1) is 4.91 Å². The van der Waals surface area contributed by atoms with Crippen LogP contribution in [0.4, 0.5) is 10.2 Å². The number of amides is 2. The van der Waals surface area contributed by atoms with Gasteiger partial charge in [-0.05, 0) is 83.4 Å². The lowest BCUT2D eigenvalue weighted by Gasteiger charge is -2.16. The molecule has 2 aromatic carbocycles. The van der Waals surface area contributed by atoms with Crippen LogP contribution in [0, 0.1) is 5.82 Å². The average Bonchev–Trinajstić information content (AvgIpc) is 3.44. The van der Waals surface area contributed by atoms with Gasteiger partial charge in [0.15, 0.2) is 5.69 Å². The van der Waals surface area contributed by atoms with E-state index < -0.39 is 0 Å². The Bertz CT molecular complexity index is 1350. The highest BCUT2D eigenvalue weighted by atomic mass is 32.2. The molecular formula is C26H23FN4O3S2. The van der Waals surface area contributed by atoms with Gasteiger partial charge in [0, 0.05) is 18.5 Å². The number of carbonyl (C=O) groups excluding carboxylic acids is 2. The van der Waals surface area contributed by atoms with Crippen LogP contribution in [0.25, 0.3) is 17.3 Å². The van der Waals surface area contributed by atoms with Crippen LogP contribution in [0.3, 0.4) is 0 Å². The monoisotopic (exact) mass is 522 g/mol. The van der Waals surface area contributed by atoms with Crippen LogP contribution in [-0.4, -0.2) is 37.9 Å². The summed E-state index contributed by atoms with van der Waals surface area (Å²) in [6.07, 6.45) is 6.77. The van der Waals surface area contributed by atoms with Crippen molar-refractivity contribution in [3.8, 4) is 11.3 Å². The molecule has 3 aromatic rings. The number of carbonyl (C=O) groups is 2. The Morgan fingerprint density at radius 1 is 1.14 bits per heavy atom. The molecule has 0 atom stereocenters. The van der Waals surface area contributed by atoms with Gasteiger partial charge in [-0.2, -0.15) is 0 Å². The number of aromatic nitrogens is 2. The molecule has 1 N–H and O–H groups in total. The molecule has 1 aliphatic carbocycles. The van der Waals surface area contributed by atoms with Gasteiger partial charge < -0.3 is 5.32 Å². The summed E-state index contributed by atoms with van der Waals surface area (Å²) in [7, 11) is 0. The number of anilines is 1. The smallest absolute Gasteiger partial charge is 0.266 e. The number of fused-ring (bicyclic) bond motifs is 1. The Morgan fingerprint density at radius 3 is 2.72 bits per heavy atom. The third-order valence-corrected chi connectivity index (χ3v) is 7.57. The molecule has 7 nitrogen and oxygen atoms in total. The van der Waals surface area contributed by atoms with Crippen LogP contribution >= 0.6 is 24.0 Å². The van der Waals surface area contributed by atoms with Gasteiger partial charge >= 0.3 is 0 Å². The Kier molecular flexibility index (Phi) is 7.24. The number of thioether (sulfide) groups is 1. The van der Waals surface area contributed by atoms with Crippen molar-refractivity contribution in [2.45, 2.75) is 38.5 Å². The fraction of sp³-hybridized carbons (Fsp3) is 0.269. The lowest BCUT2D eigenvalue weighted by molar-refractivity contribution is -0.122. The van der Waals surface area contributed by atoms with Gasteiger partial charge in [0.1, 0.15) is 10.1 Å². The van der Waals surface area contributed by atoms with Crippen LogP contribution in [0.2, 0.25) is 0 Å². The summed E-state index contributed by atoms with van der Waals surface area (Å²) in [6, 6.07) is 12.1. The largest absolute Gasteiger partial charge is 0.306 e. The highest BCUT2D eigenvalue weighted by molar-refractivity contribution is 8.26. The van der Waals surface area contributed by atoms with E-state index in [4.69, 9.17) is 16.8 Å². The third kappa shape index (κ3) is 5.39. The molecule has 0 radical (unpaired) electrons. The van der Waals surface area contributed by atoms with Crippen molar-refractivity contribution >= 4 is 52.0 Å². The van der Waals surface area contributed by atoms with E-state index in [1.165, 1.54) is 52.8 Å². The summed E-state index contributed by atoms with van der Waals surface area (Å²) in [5.41, 5.74) is 4.73. The molecule has 1 aromatic heterocycles. The first-order valence-corrected chi connectivity index (χ1v) is 13.0. The van der Waals surface area contributed by atoms with Crippen molar-refractivity contribution in [3.63, 3.8) is 0 Å². The molecule has 1 fully saturated rings. The standard InChI is InChI=1S/C26H23FN4O3S2/c27-20-11-7-16(8-12-20)14-21-25(33)31(26(35)36-21)13-3-6-22(32)28-24-23(29-34-30-24)19-10-9-17-4-1-2-5-18(17)15-19/h7-12,14-15H,1-6,13H2,(H,28,30,32)/b21-14-. The number of thiocarbonyl (C=S) groups is 1. The van der Waals surface area contributed by atoms with Crippen molar-refractivity contribution in [2.24, 2.45) is 0 Å². The van der Waals surface area contributed by atoms with Crippen molar-refractivity contribution in [1.29, 1.82) is 0 Å². The quantitative estimate of drug-likeness (QED) is 0.329. The molecule has 184 valence electrons. The minimum atomic E-state index is -0.339. The van der Waals surface area contributed by atoms with Gasteiger partial charge in [-0.3, -0.25) is 14.5 Å². The van der Waals surface area contributed by atoms with Gasteiger partial charge in [0.2, 0.25) is 11.7 Å². The lowest BCUT2D eigenvalue weighted by Crippen LogP contribution is -2.29. The molecule has 2 heterocycles. The maximum Gasteiger partial charge on any atom is 0.266 e.